The van der Waals surface area contributed by atoms with Crippen LogP contribution in [0.5, 0.6) is 5.75 Å². The maximum atomic E-state index is 12.1. The third-order valence-electron chi connectivity index (χ3n) is 4.13. The lowest BCUT2D eigenvalue weighted by Gasteiger charge is -2.32. The number of aromatic amines is 1. The predicted octanol–water partition coefficient (Wildman–Crippen LogP) is 2.26. The fourth-order valence-corrected chi connectivity index (χ4v) is 3.71. The van der Waals surface area contributed by atoms with E-state index in [-0.39, 0.29) is 17.4 Å². The minimum atomic E-state index is -0.0950. The molecule has 124 valence electrons. The third kappa shape index (κ3) is 3.06. The average Bonchev–Trinajstić information content (AvgIpc) is 3.04. The molecule has 0 radical (unpaired) electrons. The summed E-state index contributed by atoms with van der Waals surface area (Å²) in [5.74, 6) is 0.907. The van der Waals surface area contributed by atoms with Crippen LogP contribution in [-0.2, 0) is 11.3 Å². The van der Waals surface area contributed by atoms with E-state index in [9.17, 15) is 9.90 Å². The van der Waals surface area contributed by atoms with E-state index in [4.69, 9.17) is 4.74 Å². The Balaban J connectivity index is 1.52. The lowest BCUT2D eigenvalue weighted by atomic mass is 10.1. The van der Waals surface area contributed by atoms with Gasteiger partial charge in [0.1, 0.15) is 16.3 Å². The highest BCUT2D eigenvalue weighted by molar-refractivity contribution is 7.17. The molecule has 2 N–H and O–H groups in total. The second-order valence-corrected chi connectivity index (χ2v) is 6.75. The molecule has 1 aromatic carbocycles. The van der Waals surface area contributed by atoms with Crippen molar-refractivity contribution >= 4 is 21.6 Å². The Morgan fingerprint density at radius 3 is 3.21 bits per heavy atom. The van der Waals surface area contributed by atoms with Crippen molar-refractivity contribution in [2.24, 2.45) is 0 Å². The number of thiophene rings is 1. The zero-order chi connectivity index (χ0) is 16.5. The van der Waals surface area contributed by atoms with Crippen LogP contribution in [0, 0.1) is 0 Å². The van der Waals surface area contributed by atoms with E-state index in [2.05, 4.69) is 14.9 Å². The molecule has 0 spiro atoms. The SMILES string of the molecule is O=c1[nH]c(CN2CCOC(c3cccc(O)c3)C2)nc2ccsc12. The van der Waals surface area contributed by atoms with Gasteiger partial charge in [-0.2, -0.15) is 0 Å². The molecule has 24 heavy (non-hydrogen) atoms. The van der Waals surface area contributed by atoms with Crippen LogP contribution >= 0.6 is 11.3 Å². The predicted molar refractivity (Wildman–Crippen MR) is 92.3 cm³/mol. The number of fused-ring (bicyclic) bond motifs is 1. The van der Waals surface area contributed by atoms with Crippen molar-refractivity contribution in [2.75, 3.05) is 19.7 Å². The summed E-state index contributed by atoms with van der Waals surface area (Å²) < 4.78 is 6.49. The maximum absolute atomic E-state index is 12.1. The average molecular weight is 343 g/mol. The van der Waals surface area contributed by atoms with Crippen molar-refractivity contribution in [2.45, 2.75) is 12.6 Å². The van der Waals surface area contributed by atoms with Gasteiger partial charge in [-0.15, -0.1) is 11.3 Å². The molecule has 7 heteroatoms. The molecule has 1 aliphatic rings. The van der Waals surface area contributed by atoms with Crippen molar-refractivity contribution in [3.05, 3.63) is 57.5 Å². The van der Waals surface area contributed by atoms with Gasteiger partial charge < -0.3 is 14.8 Å². The number of benzene rings is 1. The smallest absolute Gasteiger partial charge is 0.268 e. The van der Waals surface area contributed by atoms with Gasteiger partial charge in [0.25, 0.3) is 5.56 Å². The summed E-state index contributed by atoms with van der Waals surface area (Å²) in [5, 5.41) is 11.5. The van der Waals surface area contributed by atoms with Crippen LogP contribution < -0.4 is 5.56 Å². The minimum absolute atomic E-state index is 0.0807. The molecule has 6 nitrogen and oxygen atoms in total. The monoisotopic (exact) mass is 343 g/mol. The van der Waals surface area contributed by atoms with Crippen LogP contribution in [0.3, 0.4) is 0 Å². The second-order valence-electron chi connectivity index (χ2n) is 5.84. The molecule has 1 aliphatic heterocycles. The van der Waals surface area contributed by atoms with Crippen LogP contribution in [-0.4, -0.2) is 39.7 Å². The third-order valence-corrected chi connectivity index (χ3v) is 5.03. The second kappa shape index (κ2) is 6.35. The van der Waals surface area contributed by atoms with E-state index in [1.165, 1.54) is 11.3 Å². The lowest BCUT2D eigenvalue weighted by molar-refractivity contribution is -0.0337. The topological polar surface area (TPSA) is 78.5 Å². The summed E-state index contributed by atoms with van der Waals surface area (Å²) in [6.45, 7) is 2.64. The molecular weight excluding hydrogens is 326 g/mol. The number of ether oxygens (including phenoxy) is 1. The van der Waals surface area contributed by atoms with E-state index in [0.717, 1.165) is 17.6 Å². The number of hydrogen-bond donors (Lipinski definition) is 2. The fraction of sp³-hybridized carbons (Fsp3) is 0.294. The van der Waals surface area contributed by atoms with E-state index in [1.807, 2.05) is 23.6 Å². The summed E-state index contributed by atoms with van der Waals surface area (Å²) in [7, 11) is 0. The molecule has 1 saturated heterocycles. The van der Waals surface area contributed by atoms with Crippen LogP contribution in [0.15, 0.2) is 40.5 Å². The van der Waals surface area contributed by atoms with Gasteiger partial charge in [-0.05, 0) is 29.1 Å². The number of rotatable bonds is 3. The number of phenols is 1. The maximum Gasteiger partial charge on any atom is 0.268 e. The van der Waals surface area contributed by atoms with Crippen molar-refractivity contribution in [3.8, 4) is 5.75 Å². The molecule has 0 saturated carbocycles. The zero-order valence-corrected chi connectivity index (χ0v) is 13.8. The molecule has 0 bridgehead atoms. The van der Waals surface area contributed by atoms with E-state index >= 15 is 0 Å². The summed E-state index contributed by atoms with van der Waals surface area (Å²) in [4.78, 5) is 21.7. The molecule has 2 aromatic heterocycles. The number of nitrogens with one attached hydrogen (secondary N) is 1. The van der Waals surface area contributed by atoms with Crippen LogP contribution in [0.4, 0.5) is 0 Å². The lowest BCUT2D eigenvalue weighted by Crippen LogP contribution is -2.38. The molecular formula is C17H17N3O3S. The number of aromatic hydroxyl groups is 1. The molecule has 1 unspecified atom stereocenters. The molecule has 0 aliphatic carbocycles. The number of nitrogens with zero attached hydrogens (tertiary/aromatic N) is 2. The Bertz CT molecular complexity index is 921. The van der Waals surface area contributed by atoms with Gasteiger partial charge in [0, 0.05) is 13.1 Å². The number of aromatic nitrogens is 2. The highest BCUT2D eigenvalue weighted by Crippen LogP contribution is 2.25. The normalized spacial score (nSPS) is 18.9. The first-order valence-electron chi connectivity index (χ1n) is 7.78. The Hall–Kier alpha value is -2.22. The van der Waals surface area contributed by atoms with E-state index in [0.29, 0.717) is 30.2 Å². The molecule has 4 rings (SSSR count). The number of H-pyrrole nitrogens is 1. The Kier molecular flexibility index (Phi) is 4.05. The van der Waals surface area contributed by atoms with Crippen molar-refractivity contribution in [1.82, 2.24) is 14.9 Å². The first-order chi connectivity index (χ1) is 11.7. The Morgan fingerprint density at radius 2 is 2.33 bits per heavy atom. The summed E-state index contributed by atoms with van der Waals surface area (Å²) in [5.41, 5.74) is 1.62. The van der Waals surface area contributed by atoms with Crippen molar-refractivity contribution < 1.29 is 9.84 Å². The highest BCUT2D eigenvalue weighted by Gasteiger charge is 2.23. The summed E-state index contributed by atoms with van der Waals surface area (Å²) >= 11 is 1.40. The quantitative estimate of drug-likeness (QED) is 0.763. The van der Waals surface area contributed by atoms with Crippen LogP contribution in [0.25, 0.3) is 10.2 Å². The van der Waals surface area contributed by atoms with Crippen LogP contribution in [0.1, 0.15) is 17.5 Å². The molecule has 0 amide bonds. The molecule has 1 atom stereocenters. The van der Waals surface area contributed by atoms with Gasteiger partial charge in [-0.25, -0.2) is 4.98 Å². The molecule has 3 aromatic rings. The first kappa shape index (κ1) is 15.3. The van der Waals surface area contributed by atoms with Gasteiger partial charge in [0.15, 0.2) is 0 Å². The summed E-state index contributed by atoms with van der Waals surface area (Å²) in [6.07, 6.45) is -0.0950. The Labute approximate surface area is 142 Å². The molecule has 3 heterocycles. The standard InChI is InChI=1S/C17H17N3O3S/c21-12-3-1-2-11(8-12)14-9-20(5-6-23-14)10-15-18-13-4-7-24-16(13)17(22)19-15/h1-4,7-8,14,21H,5-6,9-10H2,(H,18,19,22). The fourth-order valence-electron chi connectivity index (χ4n) is 2.98. The van der Waals surface area contributed by atoms with Gasteiger partial charge in [0.2, 0.25) is 0 Å². The Morgan fingerprint density at radius 1 is 1.42 bits per heavy atom. The van der Waals surface area contributed by atoms with Gasteiger partial charge >= 0.3 is 0 Å². The van der Waals surface area contributed by atoms with E-state index < -0.39 is 0 Å². The minimum Gasteiger partial charge on any atom is -0.508 e. The van der Waals surface area contributed by atoms with Crippen molar-refractivity contribution in [1.29, 1.82) is 0 Å². The number of morpholine rings is 1. The number of phenolic OH excluding ortho intramolecular Hbond substituents is 1. The molecule has 1 fully saturated rings. The van der Waals surface area contributed by atoms with E-state index in [1.54, 1.807) is 12.1 Å². The van der Waals surface area contributed by atoms with Crippen molar-refractivity contribution in [3.63, 3.8) is 0 Å². The summed E-state index contributed by atoms with van der Waals surface area (Å²) in [6, 6.07) is 9.01. The van der Waals surface area contributed by atoms with Gasteiger partial charge in [-0.3, -0.25) is 9.69 Å². The van der Waals surface area contributed by atoms with Gasteiger partial charge in [0.05, 0.1) is 24.8 Å². The van der Waals surface area contributed by atoms with Crippen LogP contribution in [0.2, 0.25) is 0 Å². The largest absolute Gasteiger partial charge is 0.508 e. The zero-order valence-electron chi connectivity index (χ0n) is 12.9. The first-order valence-corrected chi connectivity index (χ1v) is 8.66. The highest BCUT2D eigenvalue weighted by atomic mass is 32.1. The number of hydrogen-bond acceptors (Lipinski definition) is 6. The van der Waals surface area contributed by atoms with Gasteiger partial charge in [-0.1, -0.05) is 12.1 Å².